The Morgan fingerprint density at radius 1 is 0.800 bits per heavy atom. The molecule has 1 heterocycles. The lowest BCUT2D eigenvalue weighted by Gasteiger charge is -2.29. The van der Waals surface area contributed by atoms with E-state index in [9.17, 15) is 0 Å². The van der Waals surface area contributed by atoms with Crippen molar-refractivity contribution in [2.45, 2.75) is 84.0 Å². The molecule has 20 heavy (non-hydrogen) atoms. The molecular weight excluding hydrogens is 242 g/mol. The van der Waals surface area contributed by atoms with Gasteiger partial charge in [0.2, 0.25) is 0 Å². The van der Waals surface area contributed by atoms with Crippen molar-refractivity contribution in [1.82, 2.24) is 0 Å². The van der Waals surface area contributed by atoms with Crippen LogP contribution < -0.4 is 0 Å². The molecule has 1 aliphatic heterocycles. The van der Waals surface area contributed by atoms with Crippen LogP contribution in [0.5, 0.6) is 0 Å². The molecule has 2 unspecified atom stereocenters. The van der Waals surface area contributed by atoms with Crippen LogP contribution in [0, 0.1) is 11.8 Å². The molecule has 2 atom stereocenters. The predicted octanol–water partition coefficient (Wildman–Crippen LogP) is 5.39. The molecule has 0 aromatic rings. The summed E-state index contributed by atoms with van der Waals surface area (Å²) in [7, 11) is 2.48. The predicted molar refractivity (Wildman–Crippen MR) is 88.8 cm³/mol. The Bertz CT molecular complexity index is 254. The molecule has 0 bridgehead atoms. The van der Waals surface area contributed by atoms with Gasteiger partial charge in [-0.3, -0.25) is 0 Å². The van der Waals surface area contributed by atoms with Gasteiger partial charge in [0.1, 0.15) is 0 Å². The lowest BCUT2D eigenvalue weighted by atomic mass is 9.82. The Balaban J connectivity index is 1.59. The molecule has 0 aromatic carbocycles. The van der Waals surface area contributed by atoms with Gasteiger partial charge >= 0.3 is 0 Å². The van der Waals surface area contributed by atoms with E-state index in [1.165, 1.54) is 101 Å². The van der Waals surface area contributed by atoms with Crippen LogP contribution >= 0.6 is 0 Å². The van der Waals surface area contributed by atoms with Crippen molar-refractivity contribution >= 4 is 0 Å². The molecule has 0 aromatic heterocycles. The van der Waals surface area contributed by atoms with E-state index in [1.807, 2.05) is 0 Å². The second kappa shape index (κ2) is 8.41. The van der Waals surface area contributed by atoms with Crippen molar-refractivity contribution in [3.8, 4) is 0 Å². The highest BCUT2D eigenvalue weighted by Gasteiger charge is 2.26. The minimum absolute atomic E-state index is 1.06. The van der Waals surface area contributed by atoms with Gasteiger partial charge in [0, 0.05) is 12.8 Å². The number of unbranched alkanes of at least 4 members (excludes halogenated alkanes) is 2. The second-order valence-corrected chi connectivity index (χ2v) is 7.91. The highest BCUT2D eigenvalue weighted by atomic mass is 15.3. The summed E-state index contributed by atoms with van der Waals surface area (Å²) in [5, 5.41) is 0. The fourth-order valence-electron chi connectivity index (χ4n) is 4.78. The summed E-state index contributed by atoms with van der Waals surface area (Å²) < 4.78 is 1.38. The number of likely N-dealkylation sites (tertiary alicyclic amines) is 1. The lowest BCUT2D eigenvalue weighted by Crippen LogP contribution is -2.41. The zero-order valence-corrected chi connectivity index (χ0v) is 14.2. The highest BCUT2D eigenvalue weighted by Crippen LogP contribution is 2.34. The Hall–Kier alpha value is -0.0400. The highest BCUT2D eigenvalue weighted by molar-refractivity contribution is 4.73. The Labute approximate surface area is 127 Å². The van der Waals surface area contributed by atoms with E-state index in [4.69, 9.17) is 0 Å². The van der Waals surface area contributed by atoms with Crippen LogP contribution in [0.3, 0.4) is 0 Å². The maximum atomic E-state index is 2.48. The summed E-state index contributed by atoms with van der Waals surface area (Å²) in [6, 6.07) is 0. The average Bonchev–Trinajstić information content (AvgIpc) is 2.75. The van der Waals surface area contributed by atoms with Crippen LogP contribution in [0.25, 0.3) is 0 Å². The molecule has 0 radical (unpaired) electrons. The molecule has 0 spiro atoms. The van der Waals surface area contributed by atoms with E-state index in [1.54, 1.807) is 0 Å². The third-order valence-corrected chi connectivity index (χ3v) is 6.26. The Morgan fingerprint density at radius 2 is 1.50 bits per heavy atom. The third kappa shape index (κ3) is 5.06. The van der Waals surface area contributed by atoms with Crippen molar-refractivity contribution in [3.63, 3.8) is 0 Å². The Kier molecular flexibility index (Phi) is 6.87. The van der Waals surface area contributed by atoms with Crippen molar-refractivity contribution in [1.29, 1.82) is 0 Å². The van der Waals surface area contributed by atoms with Crippen LogP contribution in [0.1, 0.15) is 84.0 Å². The van der Waals surface area contributed by atoms with Gasteiger partial charge in [-0.2, -0.15) is 0 Å². The molecule has 2 aliphatic rings. The van der Waals surface area contributed by atoms with Crippen LogP contribution in [0.2, 0.25) is 0 Å². The smallest absolute Gasteiger partial charge is 0.0786 e. The summed E-state index contributed by atoms with van der Waals surface area (Å²) >= 11 is 0. The fourth-order valence-corrected chi connectivity index (χ4v) is 4.78. The lowest BCUT2D eigenvalue weighted by molar-refractivity contribution is -0.897. The zero-order chi connectivity index (χ0) is 14.3. The standard InChI is InChI=1S/C19H38N/c1-3-18-12-6-4-7-13-19(18)14-8-5-9-15-20(2)16-10-11-17-20/h18-19H,3-17H2,1-2H3/q+1. The number of nitrogens with zero attached hydrogens (tertiary/aromatic N) is 1. The summed E-state index contributed by atoms with van der Waals surface area (Å²) in [5.41, 5.74) is 0. The van der Waals surface area contributed by atoms with E-state index in [-0.39, 0.29) is 0 Å². The first-order valence-electron chi connectivity index (χ1n) is 9.57. The quantitative estimate of drug-likeness (QED) is 0.333. The van der Waals surface area contributed by atoms with Crippen LogP contribution in [0.15, 0.2) is 0 Å². The SMILES string of the molecule is CCC1CCCCCC1CCCCC[N+]1(C)CCCC1. The molecule has 1 aliphatic carbocycles. The first kappa shape index (κ1) is 16.3. The number of quaternary nitrogens is 1. The first-order chi connectivity index (χ1) is 9.73. The molecule has 1 heteroatoms. The average molecular weight is 281 g/mol. The molecular formula is C19H38N+. The minimum Gasteiger partial charge on any atom is -0.326 e. The maximum absolute atomic E-state index is 2.48. The third-order valence-electron chi connectivity index (χ3n) is 6.26. The number of hydrogen-bond donors (Lipinski definition) is 0. The van der Waals surface area contributed by atoms with Crippen LogP contribution in [-0.4, -0.2) is 31.2 Å². The topological polar surface area (TPSA) is 0 Å². The summed E-state index contributed by atoms with van der Waals surface area (Å²) in [6.45, 7) is 6.75. The van der Waals surface area contributed by atoms with Gasteiger partial charge < -0.3 is 4.48 Å². The number of rotatable bonds is 7. The largest absolute Gasteiger partial charge is 0.326 e. The van der Waals surface area contributed by atoms with Crippen LogP contribution in [0.4, 0.5) is 0 Å². The van der Waals surface area contributed by atoms with Crippen molar-refractivity contribution in [3.05, 3.63) is 0 Å². The van der Waals surface area contributed by atoms with Crippen LogP contribution in [-0.2, 0) is 0 Å². The monoisotopic (exact) mass is 280 g/mol. The molecule has 2 fully saturated rings. The summed E-state index contributed by atoms with van der Waals surface area (Å²) in [4.78, 5) is 0. The molecule has 0 amide bonds. The normalized spacial score (nSPS) is 30.3. The molecule has 0 N–H and O–H groups in total. The van der Waals surface area contributed by atoms with Gasteiger partial charge in [-0.15, -0.1) is 0 Å². The number of hydrogen-bond acceptors (Lipinski definition) is 0. The van der Waals surface area contributed by atoms with E-state index >= 15 is 0 Å². The molecule has 1 nitrogen and oxygen atoms in total. The van der Waals surface area contributed by atoms with Gasteiger partial charge in [-0.05, 0) is 24.7 Å². The molecule has 118 valence electrons. The first-order valence-corrected chi connectivity index (χ1v) is 9.57. The summed E-state index contributed by atoms with van der Waals surface area (Å²) in [6.07, 6.45) is 17.9. The summed E-state index contributed by atoms with van der Waals surface area (Å²) in [5.74, 6) is 2.12. The van der Waals surface area contributed by atoms with Gasteiger partial charge in [0.05, 0.1) is 26.7 Å². The fraction of sp³-hybridized carbons (Fsp3) is 1.00. The molecule has 1 saturated heterocycles. The maximum Gasteiger partial charge on any atom is 0.0786 e. The van der Waals surface area contributed by atoms with Crippen molar-refractivity contribution < 1.29 is 4.48 Å². The van der Waals surface area contributed by atoms with Crippen molar-refractivity contribution in [2.75, 3.05) is 26.7 Å². The second-order valence-electron chi connectivity index (χ2n) is 7.91. The van der Waals surface area contributed by atoms with Gasteiger partial charge in [0.15, 0.2) is 0 Å². The van der Waals surface area contributed by atoms with Gasteiger partial charge in [-0.25, -0.2) is 0 Å². The molecule has 1 saturated carbocycles. The van der Waals surface area contributed by atoms with E-state index < -0.39 is 0 Å². The van der Waals surface area contributed by atoms with E-state index in [0.29, 0.717) is 0 Å². The van der Waals surface area contributed by atoms with Gasteiger partial charge in [-0.1, -0.05) is 58.3 Å². The minimum atomic E-state index is 1.06. The zero-order valence-electron chi connectivity index (χ0n) is 14.2. The molecule has 2 rings (SSSR count). The van der Waals surface area contributed by atoms with Crippen molar-refractivity contribution in [2.24, 2.45) is 11.8 Å². The van der Waals surface area contributed by atoms with E-state index in [0.717, 1.165) is 11.8 Å². The van der Waals surface area contributed by atoms with Gasteiger partial charge in [0.25, 0.3) is 0 Å². The Morgan fingerprint density at radius 3 is 2.20 bits per heavy atom. The van der Waals surface area contributed by atoms with E-state index in [2.05, 4.69) is 14.0 Å².